The maximum absolute atomic E-state index is 12.9. The molecule has 31 heavy (non-hydrogen) atoms. The third-order valence-corrected chi connectivity index (χ3v) is 5.82. The molecule has 1 atom stereocenters. The Balaban J connectivity index is 1.47. The highest BCUT2D eigenvalue weighted by molar-refractivity contribution is 5.96. The predicted octanol–water partition coefficient (Wildman–Crippen LogP) is 5.00. The summed E-state index contributed by atoms with van der Waals surface area (Å²) in [6.07, 6.45) is 0.464. The fraction of sp³-hybridized carbons (Fsp3) is 0.231. The van der Waals surface area contributed by atoms with Gasteiger partial charge in [0.25, 0.3) is 0 Å². The lowest BCUT2D eigenvalue weighted by molar-refractivity contribution is -0.117. The molecule has 1 aromatic heterocycles. The number of hydrogen-bond donors (Lipinski definition) is 0. The van der Waals surface area contributed by atoms with Gasteiger partial charge in [-0.1, -0.05) is 42.5 Å². The van der Waals surface area contributed by atoms with Crippen LogP contribution in [0.3, 0.4) is 0 Å². The van der Waals surface area contributed by atoms with Gasteiger partial charge in [0.15, 0.2) is 0 Å². The molecule has 0 N–H and O–H groups in total. The molecule has 156 valence electrons. The minimum atomic E-state index is 0.0511. The average molecular weight is 412 g/mol. The number of imidazole rings is 1. The molecular formula is C26H25N3O2. The number of para-hydroxylation sites is 2. The Bertz CT molecular complexity index is 1200. The Morgan fingerprint density at radius 3 is 2.48 bits per heavy atom. The number of carbonyl (C=O) groups is 1. The first kappa shape index (κ1) is 19.4. The van der Waals surface area contributed by atoms with Crippen LogP contribution in [-0.4, -0.2) is 28.6 Å². The minimum absolute atomic E-state index is 0.0511. The summed E-state index contributed by atoms with van der Waals surface area (Å²) in [6.45, 7) is 3.96. The number of amides is 1. The average Bonchev–Trinajstić information content (AvgIpc) is 3.36. The van der Waals surface area contributed by atoms with Crippen LogP contribution >= 0.6 is 0 Å². The Labute approximate surface area is 181 Å². The summed E-state index contributed by atoms with van der Waals surface area (Å²) < 4.78 is 7.80. The lowest BCUT2D eigenvalue weighted by Gasteiger charge is -2.18. The van der Waals surface area contributed by atoms with Crippen molar-refractivity contribution in [3.8, 4) is 5.75 Å². The van der Waals surface area contributed by atoms with Gasteiger partial charge < -0.3 is 14.2 Å². The van der Waals surface area contributed by atoms with Gasteiger partial charge in [-0.25, -0.2) is 4.98 Å². The van der Waals surface area contributed by atoms with Crippen molar-refractivity contribution >= 4 is 22.6 Å². The second kappa shape index (κ2) is 8.26. The first-order valence-electron chi connectivity index (χ1n) is 10.7. The number of fused-ring (bicyclic) bond motifs is 1. The summed E-state index contributed by atoms with van der Waals surface area (Å²) >= 11 is 0. The fourth-order valence-corrected chi connectivity index (χ4v) is 4.36. The predicted molar refractivity (Wildman–Crippen MR) is 123 cm³/mol. The highest BCUT2D eigenvalue weighted by atomic mass is 16.5. The van der Waals surface area contributed by atoms with E-state index >= 15 is 0 Å². The van der Waals surface area contributed by atoms with Crippen molar-refractivity contribution in [1.29, 1.82) is 0 Å². The molecule has 1 aliphatic heterocycles. The largest absolute Gasteiger partial charge is 0.494 e. The fourth-order valence-electron chi connectivity index (χ4n) is 4.36. The number of aromatic nitrogens is 2. The molecule has 5 nitrogen and oxygen atoms in total. The van der Waals surface area contributed by atoms with Crippen LogP contribution in [0.15, 0.2) is 78.9 Å². The standard InChI is InChI=1S/C26H25N3O2/c1-2-31-22-14-12-21(13-15-22)28-18-20(16-25(28)30)26-27-23-10-6-7-11-24(23)29(26)17-19-8-4-3-5-9-19/h3-15,20H,2,16-18H2,1H3/t20-/m0/s1. The van der Waals surface area contributed by atoms with Crippen molar-refractivity contribution in [1.82, 2.24) is 9.55 Å². The third-order valence-electron chi connectivity index (χ3n) is 5.82. The molecule has 5 rings (SSSR count). The van der Waals surface area contributed by atoms with Crippen LogP contribution in [0.25, 0.3) is 11.0 Å². The number of rotatable bonds is 6. The molecule has 1 aliphatic rings. The van der Waals surface area contributed by atoms with E-state index in [0.717, 1.165) is 34.8 Å². The van der Waals surface area contributed by atoms with Gasteiger partial charge in [-0.3, -0.25) is 4.79 Å². The number of ether oxygens (including phenoxy) is 1. The van der Waals surface area contributed by atoms with Crippen LogP contribution in [0.1, 0.15) is 30.7 Å². The van der Waals surface area contributed by atoms with Crippen LogP contribution in [0.2, 0.25) is 0 Å². The molecule has 0 unspecified atom stereocenters. The van der Waals surface area contributed by atoms with E-state index in [4.69, 9.17) is 9.72 Å². The molecule has 1 saturated heterocycles. The molecule has 4 aromatic rings. The molecule has 1 fully saturated rings. The molecule has 0 radical (unpaired) electrons. The number of nitrogens with zero attached hydrogens (tertiary/aromatic N) is 3. The van der Waals surface area contributed by atoms with E-state index in [1.165, 1.54) is 5.56 Å². The van der Waals surface area contributed by atoms with Crippen molar-refractivity contribution in [3.63, 3.8) is 0 Å². The smallest absolute Gasteiger partial charge is 0.227 e. The molecule has 0 aliphatic carbocycles. The van der Waals surface area contributed by atoms with Crippen LogP contribution < -0.4 is 9.64 Å². The lowest BCUT2D eigenvalue weighted by atomic mass is 10.1. The molecule has 2 heterocycles. The summed E-state index contributed by atoms with van der Waals surface area (Å²) in [5, 5.41) is 0. The van der Waals surface area contributed by atoms with E-state index in [2.05, 4.69) is 34.9 Å². The van der Waals surface area contributed by atoms with Crippen LogP contribution in [0, 0.1) is 0 Å². The Hall–Kier alpha value is -3.60. The second-order valence-electron chi connectivity index (χ2n) is 7.86. The van der Waals surface area contributed by atoms with Crippen molar-refractivity contribution in [2.75, 3.05) is 18.1 Å². The zero-order valence-electron chi connectivity index (χ0n) is 17.6. The minimum Gasteiger partial charge on any atom is -0.494 e. The number of benzene rings is 3. The van der Waals surface area contributed by atoms with Crippen molar-refractivity contribution < 1.29 is 9.53 Å². The summed E-state index contributed by atoms with van der Waals surface area (Å²) in [5.41, 5.74) is 4.20. The summed E-state index contributed by atoms with van der Waals surface area (Å²) in [5.74, 6) is 1.98. The summed E-state index contributed by atoms with van der Waals surface area (Å²) in [6, 6.07) is 26.4. The van der Waals surface area contributed by atoms with Crippen molar-refractivity contribution in [3.05, 3.63) is 90.3 Å². The highest BCUT2D eigenvalue weighted by Gasteiger charge is 2.34. The molecule has 0 bridgehead atoms. The van der Waals surface area contributed by atoms with Gasteiger partial charge in [-0.2, -0.15) is 0 Å². The lowest BCUT2D eigenvalue weighted by Crippen LogP contribution is -2.24. The van der Waals surface area contributed by atoms with E-state index < -0.39 is 0 Å². The van der Waals surface area contributed by atoms with Gasteiger partial charge in [0.05, 0.1) is 17.6 Å². The molecule has 5 heteroatoms. The normalized spacial score (nSPS) is 16.2. The van der Waals surface area contributed by atoms with Gasteiger partial charge in [0.2, 0.25) is 5.91 Å². The zero-order chi connectivity index (χ0) is 21.2. The van der Waals surface area contributed by atoms with E-state index in [-0.39, 0.29) is 11.8 Å². The number of anilines is 1. The van der Waals surface area contributed by atoms with Gasteiger partial charge in [-0.15, -0.1) is 0 Å². The van der Waals surface area contributed by atoms with Crippen molar-refractivity contribution in [2.45, 2.75) is 25.8 Å². The zero-order valence-corrected chi connectivity index (χ0v) is 17.6. The number of carbonyl (C=O) groups excluding carboxylic acids is 1. The maximum atomic E-state index is 12.9. The van der Waals surface area contributed by atoms with Gasteiger partial charge >= 0.3 is 0 Å². The van der Waals surface area contributed by atoms with E-state index in [0.29, 0.717) is 19.6 Å². The quantitative estimate of drug-likeness (QED) is 0.448. The van der Waals surface area contributed by atoms with E-state index in [1.54, 1.807) is 0 Å². The molecule has 0 saturated carbocycles. The first-order chi connectivity index (χ1) is 15.2. The number of hydrogen-bond acceptors (Lipinski definition) is 3. The summed E-state index contributed by atoms with van der Waals surface area (Å²) in [4.78, 5) is 19.7. The highest BCUT2D eigenvalue weighted by Crippen LogP contribution is 2.34. The maximum Gasteiger partial charge on any atom is 0.227 e. The van der Waals surface area contributed by atoms with Crippen LogP contribution in [0.4, 0.5) is 5.69 Å². The molecular weight excluding hydrogens is 386 g/mol. The second-order valence-corrected chi connectivity index (χ2v) is 7.86. The topological polar surface area (TPSA) is 47.4 Å². The van der Waals surface area contributed by atoms with E-state index in [1.807, 2.05) is 60.4 Å². The van der Waals surface area contributed by atoms with Crippen molar-refractivity contribution in [2.24, 2.45) is 0 Å². The molecule has 3 aromatic carbocycles. The molecule has 1 amide bonds. The van der Waals surface area contributed by atoms with Crippen LogP contribution in [-0.2, 0) is 11.3 Å². The Morgan fingerprint density at radius 1 is 0.968 bits per heavy atom. The molecule has 0 spiro atoms. The third kappa shape index (κ3) is 3.79. The Morgan fingerprint density at radius 2 is 1.71 bits per heavy atom. The summed E-state index contributed by atoms with van der Waals surface area (Å²) in [7, 11) is 0. The first-order valence-corrected chi connectivity index (χ1v) is 10.7. The SMILES string of the molecule is CCOc1ccc(N2C[C@@H](c3nc4ccccc4n3Cc3ccccc3)CC2=O)cc1. The van der Waals surface area contributed by atoms with Crippen LogP contribution in [0.5, 0.6) is 5.75 Å². The van der Waals surface area contributed by atoms with Gasteiger partial charge in [-0.05, 0) is 48.9 Å². The monoisotopic (exact) mass is 411 g/mol. The Kier molecular flexibility index (Phi) is 5.16. The van der Waals surface area contributed by atoms with Gasteiger partial charge in [0, 0.05) is 31.1 Å². The van der Waals surface area contributed by atoms with E-state index in [9.17, 15) is 4.79 Å². The van der Waals surface area contributed by atoms with Gasteiger partial charge in [0.1, 0.15) is 11.6 Å².